The van der Waals surface area contributed by atoms with Crippen LogP contribution in [0.2, 0.25) is 0 Å². The van der Waals surface area contributed by atoms with Crippen molar-refractivity contribution in [2.24, 2.45) is 0 Å². The largest absolute Gasteiger partial charge is 0.463 e. The number of nitrogens with one attached hydrogen (secondary N) is 1. The maximum Gasteiger partial charge on any atom is 0.259 e. The Labute approximate surface area is 128 Å². The number of hydrogen-bond donors (Lipinski definition) is 1. The first kappa shape index (κ1) is 13.8. The van der Waals surface area contributed by atoms with E-state index in [-0.39, 0.29) is 5.91 Å². The van der Waals surface area contributed by atoms with Gasteiger partial charge < -0.3 is 9.73 Å². The minimum Gasteiger partial charge on any atom is -0.463 e. The standard InChI is InChI=1S/C16H11BrFNO2/c1-9-6-12(17)13(18)7-14(9)19-16(20)11-8-21-15-5-3-2-4-10(11)15/h2-8H,1H3,(H,19,20). The van der Waals surface area contributed by atoms with Gasteiger partial charge in [0, 0.05) is 11.1 Å². The molecule has 21 heavy (non-hydrogen) atoms. The molecule has 0 spiro atoms. The highest BCUT2D eigenvalue weighted by Gasteiger charge is 2.15. The molecule has 0 fully saturated rings. The van der Waals surface area contributed by atoms with E-state index in [0.29, 0.717) is 21.3 Å². The van der Waals surface area contributed by atoms with Gasteiger partial charge in [-0.2, -0.15) is 0 Å². The molecule has 0 radical (unpaired) electrons. The number of furan rings is 1. The van der Waals surface area contributed by atoms with E-state index in [2.05, 4.69) is 21.2 Å². The van der Waals surface area contributed by atoms with Crippen LogP contribution in [0.1, 0.15) is 15.9 Å². The van der Waals surface area contributed by atoms with Gasteiger partial charge in [-0.1, -0.05) is 18.2 Å². The van der Waals surface area contributed by atoms with Crippen LogP contribution in [0.15, 0.2) is 51.6 Å². The van der Waals surface area contributed by atoms with E-state index in [4.69, 9.17) is 4.42 Å². The lowest BCUT2D eigenvalue weighted by molar-refractivity contribution is 0.102. The van der Waals surface area contributed by atoms with Crippen LogP contribution in [-0.4, -0.2) is 5.91 Å². The SMILES string of the molecule is Cc1cc(Br)c(F)cc1NC(=O)c1coc2ccccc12. The second-order valence-corrected chi connectivity index (χ2v) is 5.54. The van der Waals surface area contributed by atoms with Crippen LogP contribution in [-0.2, 0) is 0 Å². The highest BCUT2D eigenvalue weighted by Crippen LogP contribution is 2.26. The third-order valence-electron chi connectivity index (χ3n) is 3.24. The number of anilines is 1. The second kappa shape index (κ2) is 5.33. The number of hydrogen-bond acceptors (Lipinski definition) is 2. The number of fused-ring (bicyclic) bond motifs is 1. The van der Waals surface area contributed by atoms with Gasteiger partial charge in [-0.3, -0.25) is 4.79 Å². The molecule has 106 valence electrons. The zero-order valence-corrected chi connectivity index (χ0v) is 12.7. The third-order valence-corrected chi connectivity index (χ3v) is 3.85. The lowest BCUT2D eigenvalue weighted by atomic mass is 10.1. The van der Waals surface area contributed by atoms with E-state index in [1.807, 2.05) is 18.2 Å². The Kier molecular flexibility index (Phi) is 3.51. The van der Waals surface area contributed by atoms with Crippen molar-refractivity contribution in [1.29, 1.82) is 0 Å². The molecule has 0 saturated carbocycles. The van der Waals surface area contributed by atoms with Crippen molar-refractivity contribution in [3.8, 4) is 0 Å². The van der Waals surface area contributed by atoms with Crippen molar-refractivity contribution in [2.75, 3.05) is 5.32 Å². The minimum atomic E-state index is -0.423. The Morgan fingerprint density at radius 3 is 2.86 bits per heavy atom. The van der Waals surface area contributed by atoms with Crippen molar-refractivity contribution >= 4 is 38.5 Å². The van der Waals surface area contributed by atoms with E-state index < -0.39 is 5.82 Å². The van der Waals surface area contributed by atoms with E-state index in [9.17, 15) is 9.18 Å². The number of halogens is 2. The lowest BCUT2D eigenvalue weighted by Crippen LogP contribution is -2.12. The fourth-order valence-corrected chi connectivity index (χ4v) is 2.58. The molecular weight excluding hydrogens is 337 g/mol. The number of aryl methyl sites for hydroxylation is 1. The minimum absolute atomic E-state index is 0.329. The zero-order valence-electron chi connectivity index (χ0n) is 11.1. The van der Waals surface area contributed by atoms with E-state index in [1.165, 1.54) is 12.3 Å². The lowest BCUT2D eigenvalue weighted by Gasteiger charge is -2.08. The number of rotatable bonds is 2. The molecule has 0 saturated heterocycles. The van der Waals surface area contributed by atoms with Crippen LogP contribution in [0, 0.1) is 12.7 Å². The molecule has 3 rings (SSSR count). The highest BCUT2D eigenvalue weighted by atomic mass is 79.9. The van der Waals surface area contributed by atoms with Gasteiger partial charge in [0.05, 0.1) is 10.0 Å². The summed E-state index contributed by atoms with van der Waals surface area (Å²) in [5, 5.41) is 3.44. The highest BCUT2D eigenvalue weighted by molar-refractivity contribution is 9.10. The Morgan fingerprint density at radius 1 is 1.29 bits per heavy atom. The van der Waals surface area contributed by atoms with Gasteiger partial charge in [-0.05, 0) is 46.6 Å². The first-order valence-electron chi connectivity index (χ1n) is 6.29. The van der Waals surface area contributed by atoms with Gasteiger partial charge >= 0.3 is 0 Å². The average Bonchev–Trinajstić information content (AvgIpc) is 2.88. The number of benzene rings is 2. The summed E-state index contributed by atoms with van der Waals surface area (Å²) in [7, 11) is 0. The molecule has 1 amide bonds. The fraction of sp³-hybridized carbons (Fsp3) is 0.0625. The number of carbonyl (C=O) groups excluding carboxylic acids is 1. The fourth-order valence-electron chi connectivity index (χ4n) is 2.12. The molecule has 0 atom stereocenters. The van der Waals surface area contributed by atoms with Gasteiger partial charge in [-0.15, -0.1) is 0 Å². The summed E-state index contributed by atoms with van der Waals surface area (Å²) in [6.45, 7) is 1.80. The number of amides is 1. The topological polar surface area (TPSA) is 42.2 Å². The molecule has 0 aliphatic carbocycles. The average molecular weight is 348 g/mol. The summed E-state index contributed by atoms with van der Waals surface area (Å²) in [6, 6.07) is 10.2. The molecule has 1 aromatic heterocycles. The molecule has 2 aromatic carbocycles. The van der Waals surface area contributed by atoms with Crippen LogP contribution in [0.5, 0.6) is 0 Å². The molecule has 0 bridgehead atoms. The Balaban J connectivity index is 1.95. The summed E-state index contributed by atoms with van der Waals surface area (Å²) >= 11 is 3.11. The second-order valence-electron chi connectivity index (χ2n) is 4.68. The molecule has 3 aromatic rings. The number of para-hydroxylation sites is 1. The smallest absolute Gasteiger partial charge is 0.259 e. The molecule has 5 heteroatoms. The summed E-state index contributed by atoms with van der Waals surface area (Å²) in [4.78, 5) is 12.3. The van der Waals surface area contributed by atoms with Gasteiger partial charge in [0.15, 0.2) is 0 Å². The Hall–Kier alpha value is -2.14. The van der Waals surface area contributed by atoms with E-state index in [0.717, 1.165) is 10.9 Å². The Bertz CT molecular complexity index is 841. The Morgan fingerprint density at radius 2 is 2.05 bits per heavy atom. The van der Waals surface area contributed by atoms with Gasteiger partial charge in [-0.25, -0.2) is 4.39 Å². The van der Waals surface area contributed by atoms with Gasteiger partial charge in [0.2, 0.25) is 0 Å². The predicted octanol–water partition coefficient (Wildman–Crippen LogP) is 4.90. The molecule has 1 N–H and O–H groups in total. The normalized spacial score (nSPS) is 10.8. The molecule has 3 nitrogen and oxygen atoms in total. The third kappa shape index (κ3) is 2.56. The summed E-state index contributed by atoms with van der Waals surface area (Å²) in [5.74, 6) is -0.752. The van der Waals surface area contributed by atoms with Crippen LogP contribution in [0.3, 0.4) is 0 Å². The monoisotopic (exact) mass is 347 g/mol. The van der Waals surface area contributed by atoms with Crippen LogP contribution in [0.25, 0.3) is 11.0 Å². The van der Waals surface area contributed by atoms with Crippen molar-refractivity contribution in [2.45, 2.75) is 6.92 Å². The van der Waals surface area contributed by atoms with E-state index in [1.54, 1.807) is 19.1 Å². The van der Waals surface area contributed by atoms with Gasteiger partial charge in [0.1, 0.15) is 17.7 Å². The molecular formula is C16H11BrFNO2. The first-order chi connectivity index (χ1) is 10.1. The maximum atomic E-state index is 13.6. The number of carbonyl (C=O) groups is 1. The van der Waals surface area contributed by atoms with Gasteiger partial charge in [0.25, 0.3) is 5.91 Å². The predicted molar refractivity (Wildman–Crippen MR) is 83.0 cm³/mol. The first-order valence-corrected chi connectivity index (χ1v) is 7.09. The zero-order chi connectivity index (χ0) is 15.0. The molecule has 0 aliphatic rings. The summed E-state index contributed by atoms with van der Waals surface area (Å²) in [5.41, 5.74) is 2.27. The van der Waals surface area contributed by atoms with Crippen molar-refractivity contribution in [3.63, 3.8) is 0 Å². The van der Waals surface area contributed by atoms with Crippen molar-refractivity contribution in [1.82, 2.24) is 0 Å². The van der Waals surface area contributed by atoms with Crippen molar-refractivity contribution < 1.29 is 13.6 Å². The van der Waals surface area contributed by atoms with Crippen LogP contribution >= 0.6 is 15.9 Å². The summed E-state index contributed by atoms with van der Waals surface area (Å²) in [6.07, 6.45) is 1.41. The van der Waals surface area contributed by atoms with Crippen molar-refractivity contribution in [3.05, 3.63) is 64.1 Å². The molecule has 0 unspecified atom stereocenters. The summed E-state index contributed by atoms with van der Waals surface area (Å²) < 4.78 is 19.3. The maximum absolute atomic E-state index is 13.6. The quantitative estimate of drug-likeness (QED) is 0.716. The van der Waals surface area contributed by atoms with Crippen LogP contribution in [0.4, 0.5) is 10.1 Å². The van der Waals surface area contributed by atoms with Crippen LogP contribution < -0.4 is 5.32 Å². The molecule has 0 aliphatic heterocycles. The molecule has 1 heterocycles. The van der Waals surface area contributed by atoms with E-state index >= 15 is 0 Å².